The van der Waals surface area contributed by atoms with Crippen LogP contribution in [-0.2, 0) is 19.2 Å². The van der Waals surface area contributed by atoms with Gasteiger partial charge < -0.3 is 4.18 Å². The molecule has 0 heterocycles. The van der Waals surface area contributed by atoms with Crippen LogP contribution in [0.4, 0.5) is 0 Å². The van der Waals surface area contributed by atoms with E-state index in [4.69, 9.17) is 14.9 Å². The van der Waals surface area contributed by atoms with Crippen molar-refractivity contribution in [2.45, 2.75) is 16.7 Å². The molecule has 3 rings (SSSR count). The minimum atomic E-state index is -4.05. The Bertz CT molecular complexity index is 1150. The van der Waals surface area contributed by atoms with Gasteiger partial charge in [0.25, 0.3) is 9.05 Å². The van der Waals surface area contributed by atoms with Crippen molar-refractivity contribution in [3.63, 3.8) is 0 Å². The van der Waals surface area contributed by atoms with Crippen molar-refractivity contribution in [2.75, 3.05) is 0 Å². The number of fused-ring (bicyclic) bond motifs is 1. The SMILES string of the molecule is Cc1ccc(S(=O)(=O)Oc2ccc(S(=O)(=O)Cl)c3ccccc23)cc1. The molecule has 3 aromatic carbocycles. The van der Waals surface area contributed by atoms with Crippen molar-refractivity contribution >= 4 is 40.6 Å². The fraction of sp³-hybridized carbons (Fsp3) is 0.0588. The molecule has 130 valence electrons. The molecule has 5 nitrogen and oxygen atoms in total. The molecular formula is C17H13ClO5S2. The Balaban J connectivity index is 2.13. The van der Waals surface area contributed by atoms with Gasteiger partial charge in [-0.3, -0.25) is 0 Å². The van der Waals surface area contributed by atoms with Crippen molar-refractivity contribution in [3.8, 4) is 5.75 Å². The Hall–Kier alpha value is -2.09. The summed E-state index contributed by atoms with van der Waals surface area (Å²) in [6, 6.07) is 15.1. The average Bonchev–Trinajstić information content (AvgIpc) is 2.54. The average molecular weight is 397 g/mol. The summed E-state index contributed by atoms with van der Waals surface area (Å²) in [5, 5.41) is 0.619. The van der Waals surface area contributed by atoms with Gasteiger partial charge in [-0.25, -0.2) is 8.42 Å². The Morgan fingerprint density at radius 3 is 2.00 bits per heavy atom. The smallest absolute Gasteiger partial charge is 0.339 e. The Labute approximate surface area is 150 Å². The monoisotopic (exact) mass is 396 g/mol. The largest absolute Gasteiger partial charge is 0.378 e. The van der Waals surface area contributed by atoms with Gasteiger partial charge in [0.1, 0.15) is 4.90 Å². The fourth-order valence-corrected chi connectivity index (χ4v) is 4.42. The molecule has 0 N–H and O–H groups in total. The maximum absolute atomic E-state index is 12.5. The summed E-state index contributed by atoms with van der Waals surface area (Å²) < 4.78 is 53.6. The highest BCUT2D eigenvalue weighted by atomic mass is 35.7. The van der Waals surface area contributed by atoms with Crippen LogP contribution in [-0.4, -0.2) is 16.8 Å². The number of benzene rings is 3. The van der Waals surface area contributed by atoms with E-state index in [0.717, 1.165) is 5.56 Å². The number of hydrogen-bond donors (Lipinski definition) is 0. The van der Waals surface area contributed by atoms with Crippen LogP contribution in [0.5, 0.6) is 5.75 Å². The lowest BCUT2D eigenvalue weighted by Gasteiger charge is -2.11. The maximum atomic E-state index is 12.5. The Morgan fingerprint density at radius 1 is 0.800 bits per heavy atom. The van der Waals surface area contributed by atoms with E-state index in [-0.39, 0.29) is 20.9 Å². The normalized spacial score (nSPS) is 12.2. The Kier molecular flexibility index (Phi) is 4.49. The molecule has 8 heteroatoms. The molecule has 0 aliphatic heterocycles. The summed E-state index contributed by atoms with van der Waals surface area (Å²) in [6.07, 6.45) is 0. The Morgan fingerprint density at radius 2 is 1.40 bits per heavy atom. The van der Waals surface area contributed by atoms with Gasteiger partial charge >= 0.3 is 10.1 Å². The lowest BCUT2D eigenvalue weighted by Crippen LogP contribution is -2.10. The molecule has 0 unspecified atom stereocenters. The number of aryl methyl sites for hydroxylation is 1. The molecule has 0 saturated heterocycles. The standard InChI is InChI=1S/C17H13ClO5S2/c1-12-6-8-13(9-7-12)25(21,22)23-16-10-11-17(24(18,19)20)15-5-3-2-4-14(15)16/h2-11H,1H3. The first-order valence-corrected chi connectivity index (χ1v) is 10.9. The fourth-order valence-electron chi connectivity index (χ4n) is 2.40. The van der Waals surface area contributed by atoms with E-state index in [9.17, 15) is 16.8 Å². The van der Waals surface area contributed by atoms with E-state index in [1.165, 1.54) is 30.3 Å². The molecule has 0 amide bonds. The van der Waals surface area contributed by atoms with Gasteiger partial charge in [0.2, 0.25) is 0 Å². The summed E-state index contributed by atoms with van der Waals surface area (Å²) in [7, 11) is -2.59. The second kappa shape index (κ2) is 6.33. The first kappa shape index (κ1) is 17.7. The van der Waals surface area contributed by atoms with Gasteiger partial charge in [-0.1, -0.05) is 42.0 Å². The van der Waals surface area contributed by atoms with Gasteiger partial charge in [-0.05, 0) is 31.2 Å². The molecule has 0 fully saturated rings. The van der Waals surface area contributed by atoms with Crippen molar-refractivity contribution in [1.82, 2.24) is 0 Å². The summed E-state index contributed by atoms with van der Waals surface area (Å²) in [5.74, 6) is 0.0280. The summed E-state index contributed by atoms with van der Waals surface area (Å²) >= 11 is 0. The zero-order chi connectivity index (χ0) is 18.2. The summed E-state index contributed by atoms with van der Waals surface area (Å²) in [4.78, 5) is -0.0962. The van der Waals surface area contributed by atoms with Gasteiger partial charge in [0, 0.05) is 21.5 Å². The predicted molar refractivity (Wildman–Crippen MR) is 96.0 cm³/mol. The van der Waals surface area contributed by atoms with Crippen LogP contribution in [0.3, 0.4) is 0 Å². The van der Waals surface area contributed by atoms with E-state index in [1.54, 1.807) is 30.3 Å². The highest BCUT2D eigenvalue weighted by Crippen LogP contribution is 2.34. The quantitative estimate of drug-likeness (QED) is 0.494. The topological polar surface area (TPSA) is 77.5 Å². The third-order valence-corrected chi connectivity index (χ3v) is 6.24. The molecule has 0 saturated carbocycles. The number of hydrogen-bond acceptors (Lipinski definition) is 5. The molecule has 0 atom stereocenters. The van der Waals surface area contributed by atoms with Crippen molar-refractivity contribution in [2.24, 2.45) is 0 Å². The minimum absolute atomic E-state index is 0.0104. The van der Waals surface area contributed by atoms with E-state index < -0.39 is 19.2 Å². The van der Waals surface area contributed by atoms with E-state index in [0.29, 0.717) is 5.39 Å². The van der Waals surface area contributed by atoms with Crippen LogP contribution >= 0.6 is 10.7 Å². The van der Waals surface area contributed by atoms with Crippen LogP contribution in [0.15, 0.2) is 70.5 Å². The van der Waals surface area contributed by atoms with E-state index in [1.807, 2.05) is 6.92 Å². The third-order valence-electron chi connectivity index (χ3n) is 3.62. The molecule has 0 aromatic heterocycles. The van der Waals surface area contributed by atoms with Crippen LogP contribution < -0.4 is 4.18 Å². The zero-order valence-corrected chi connectivity index (χ0v) is 15.4. The van der Waals surface area contributed by atoms with Crippen LogP contribution in [0, 0.1) is 6.92 Å². The first-order valence-electron chi connectivity index (χ1n) is 7.16. The van der Waals surface area contributed by atoms with Gasteiger partial charge in [-0.2, -0.15) is 8.42 Å². The zero-order valence-electron chi connectivity index (χ0n) is 13.0. The van der Waals surface area contributed by atoms with Crippen LogP contribution in [0.1, 0.15) is 5.56 Å². The van der Waals surface area contributed by atoms with Crippen molar-refractivity contribution in [3.05, 3.63) is 66.2 Å². The van der Waals surface area contributed by atoms with Gasteiger partial charge in [-0.15, -0.1) is 0 Å². The minimum Gasteiger partial charge on any atom is -0.378 e. The van der Waals surface area contributed by atoms with Crippen molar-refractivity contribution < 1.29 is 21.0 Å². The number of halogens is 1. The molecule has 0 bridgehead atoms. The summed E-state index contributed by atoms with van der Waals surface area (Å²) in [6.45, 7) is 1.84. The first-order chi connectivity index (χ1) is 11.7. The molecule has 0 radical (unpaired) electrons. The summed E-state index contributed by atoms with van der Waals surface area (Å²) in [5.41, 5.74) is 0.918. The highest BCUT2D eigenvalue weighted by molar-refractivity contribution is 8.14. The lowest BCUT2D eigenvalue weighted by molar-refractivity contribution is 0.488. The highest BCUT2D eigenvalue weighted by Gasteiger charge is 2.21. The van der Waals surface area contributed by atoms with E-state index in [2.05, 4.69) is 0 Å². The molecule has 0 spiro atoms. The second-order valence-corrected chi connectivity index (χ2v) is 9.48. The molecule has 25 heavy (non-hydrogen) atoms. The van der Waals surface area contributed by atoms with Gasteiger partial charge in [0.05, 0.1) is 4.90 Å². The molecule has 3 aromatic rings. The maximum Gasteiger partial charge on any atom is 0.339 e. The molecule has 0 aliphatic rings. The predicted octanol–water partition coefficient (Wildman–Crippen LogP) is 3.84. The number of rotatable bonds is 4. The van der Waals surface area contributed by atoms with E-state index >= 15 is 0 Å². The lowest BCUT2D eigenvalue weighted by atomic mass is 10.1. The molecular weight excluding hydrogens is 384 g/mol. The van der Waals surface area contributed by atoms with Gasteiger partial charge in [0.15, 0.2) is 5.75 Å². The molecule has 0 aliphatic carbocycles. The third kappa shape index (κ3) is 3.63. The van der Waals surface area contributed by atoms with Crippen molar-refractivity contribution in [1.29, 1.82) is 0 Å². The van der Waals surface area contributed by atoms with Crippen LogP contribution in [0.2, 0.25) is 0 Å². The van der Waals surface area contributed by atoms with Crippen LogP contribution in [0.25, 0.3) is 10.8 Å². The second-order valence-electron chi connectivity index (χ2n) is 5.40.